The molecular weight excluding hydrogens is 213 g/mol. The van der Waals surface area contributed by atoms with Gasteiger partial charge in [0, 0.05) is 12.3 Å². The van der Waals surface area contributed by atoms with Gasteiger partial charge in [0.25, 0.3) is 0 Å². The lowest BCUT2D eigenvalue weighted by molar-refractivity contribution is -0.137. The van der Waals surface area contributed by atoms with E-state index in [4.69, 9.17) is 10.8 Å². The molecule has 0 bridgehead atoms. The molecule has 0 aliphatic heterocycles. The van der Waals surface area contributed by atoms with Crippen LogP contribution >= 0.6 is 0 Å². The highest BCUT2D eigenvalue weighted by molar-refractivity contribution is 5.76. The summed E-state index contributed by atoms with van der Waals surface area (Å²) in [7, 11) is 0. The van der Waals surface area contributed by atoms with Crippen molar-refractivity contribution in [3.8, 4) is 0 Å². The molecule has 0 fully saturated rings. The average Bonchev–Trinajstić information content (AvgIpc) is 2.15. The van der Waals surface area contributed by atoms with Crippen LogP contribution in [-0.2, 0) is 9.59 Å². The lowest BCUT2D eigenvalue weighted by Gasteiger charge is -2.13. The zero-order valence-electron chi connectivity index (χ0n) is 8.52. The SMILES string of the molecule is NC(=O)C[C@@H](CC(=O)O)c1ccccc1F. The number of hydrogen-bond acceptors (Lipinski definition) is 2. The van der Waals surface area contributed by atoms with Crippen LogP contribution in [-0.4, -0.2) is 17.0 Å². The summed E-state index contributed by atoms with van der Waals surface area (Å²) >= 11 is 0. The molecular formula is C11H12FNO3. The molecule has 0 aromatic heterocycles. The van der Waals surface area contributed by atoms with Crippen molar-refractivity contribution in [2.24, 2.45) is 5.73 Å². The zero-order valence-corrected chi connectivity index (χ0v) is 8.52. The maximum atomic E-state index is 13.4. The summed E-state index contributed by atoms with van der Waals surface area (Å²) in [6.45, 7) is 0. The number of carbonyl (C=O) groups is 2. The van der Waals surface area contributed by atoms with Crippen molar-refractivity contribution < 1.29 is 19.1 Å². The molecule has 4 nitrogen and oxygen atoms in total. The number of amides is 1. The van der Waals surface area contributed by atoms with E-state index in [0.29, 0.717) is 0 Å². The number of aliphatic carboxylic acids is 1. The summed E-state index contributed by atoms with van der Waals surface area (Å²) in [5.74, 6) is -2.96. The van der Waals surface area contributed by atoms with Crippen molar-refractivity contribution >= 4 is 11.9 Å². The van der Waals surface area contributed by atoms with Gasteiger partial charge in [0.15, 0.2) is 0 Å². The molecule has 1 aromatic rings. The second-order valence-corrected chi connectivity index (χ2v) is 3.49. The summed E-state index contributed by atoms with van der Waals surface area (Å²) in [6.07, 6.45) is -0.489. The van der Waals surface area contributed by atoms with Crippen LogP contribution in [0.1, 0.15) is 24.3 Å². The molecule has 0 radical (unpaired) electrons. The Morgan fingerprint density at radius 2 is 1.94 bits per heavy atom. The number of rotatable bonds is 5. The predicted molar refractivity (Wildman–Crippen MR) is 55.2 cm³/mol. The van der Waals surface area contributed by atoms with Gasteiger partial charge in [0.1, 0.15) is 5.82 Å². The number of hydrogen-bond donors (Lipinski definition) is 2. The third-order valence-corrected chi connectivity index (χ3v) is 2.21. The Morgan fingerprint density at radius 3 is 2.44 bits per heavy atom. The number of benzene rings is 1. The Bertz CT molecular complexity index is 390. The van der Waals surface area contributed by atoms with Gasteiger partial charge in [-0.3, -0.25) is 9.59 Å². The highest BCUT2D eigenvalue weighted by atomic mass is 19.1. The third kappa shape index (κ3) is 3.34. The molecule has 0 spiro atoms. The Balaban J connectivity index is 2.96. The van der Waals surface area contributed by atoms with Gasteiger partial charge in [-0.05, 0) is 11.6 Å². The Morgan fingerprint density at radius 1 is 1.31 bits per heavy atom. The normalized spacial score (nSPS) is 12.1. The van der Waals surface area contributed by atoms with Crippen LogP contribution in [0, 0.1) is 5.82 Å². The summed E-state index contributed by atoms with van der Waals surface area (Å²) in [6, 6.07) is 5.78. The summed E-state index contributed by atoms with van der Waals surface area (Å²) < 4.78 is 13.4. The zero-order chi connectivity index (χ0) is 12.1. The second kappa shape index (κ2) is 5.25. The quantitative estimate of drug-likeness (QED) is 0.791. The molecule has 1 rings (SSSR count). The lowest BCUT2D eigenvalue weighted by Crippen LogP contribution is -2.18. The number of carbonyl (C=O) groups excluding carboxylic acids is 1. The number of halogens is 1. The van der Waals surface area contributed by atoms with Gasteiger partial charge >= 0.3 is 5.97 Å². The Kier molecular flexibility index (Phi) is 3.99. The van der Waals surface area contributed by atoms with Crippen LogP contribution in [0.25, 0.3) is 0 Å². The number of carboxylic acid groups (broad SMARTS) is 1. The summed E-state index contributed by atoms with van der Waals surface area (Å²) in [5, 5.41) is 8.67. The molecule has 0 aliphatic carbocycles. The van der Waals surface area contributed by atoms with Crippen molar-refractivity contribution in [1.29, 1.82) is 0 Å². The molecule has 0 heterocycles. The average molecular weight is 225 g/mol. The standard InChI is InChI=1S/C11H12FNO3/c12-9-4-2-1-3-8(9)7(5-10(13)14)6-11(15)16/h1-4,7H,5-6H2,(H2,13,14)(H,15,16)/t7-/m0/s1. The van der Waals surface area contributed by atoms with E-state index in [1.807, 2.05) is 0 Å². The van der Waals surface area contributed by atoms with Crippen molar-refractivity contribution in [2.45, 2.75) is 18.8 Å². The summed E-state index contributed by atoms with van der Waals surface area (Å²) in [5.41, 5.74) is 5.21. The number of nitrogens with two attached hydrogens (primary N) is 1. The van der Waals surface area contributed by atoms with E-state index in [1.54, 1.807) is 6.07 Å². The van der Waals surface area contributed by atoms with Crippen LogP contribution in [0.4, 0.5) is 4.39 Å². The largest absolute Gasteiger partial charge is 0.481 e. The van der Waals surface area contributed by atoms with E-state index < -0.39 is 23.6 Å². The van der Waals surface area contributed by atoms with Crippen molar-refractivity contribution in [3.05, 3.63) is 35.6 Å². The van der Waals surface area contributed by atoms with Gasteiger partial charge in [0.05, 0.1) is 6.42 Å². The van der Waals surface area contributed by atoms with E-state index in [1.165, 1.54) is 18.2 Å². The van der Waals surface area contributed by atoms with Gasteiger partial charge in [-0.2, -0.15) is 0 Å². The van der Waals surface area contributed by atoms with Crippen molar-refractivity contribution in [3.63, 3.8) is 0 Å². The van der Waals surface area contributed by atoms with Gasteiger partial charge in [-0.25, -0.2) is 4.39 Å². The first-order chi connectivity index (χ1) is 7.50. The van der Waals surface area contributed by atoms with Crippen LogP contribution in [0.3, 0.4) is 0 Å². The molecule has 0 saturated heterocycles. The monoisotopic (exact) mass is 225 g/mol. The summed E-state index contributed by atoms with van der Waals surface area (Å²) in [4.78, 5) is 21.4. The molecule has 0 saturated carbocycles. The third-order valence-electron chi connectivity index (χ3n) is 2.21. The van der Waals surface area contributed by atoms with Gasteiger partial charge in [-0.1, -0.05) is 18.2 Å². The highest BCUT2D eigenvalue weighted by Gasteiger charge is 2.20. The molecule has 1 amide bonds. The maximum Gasteiger partial charge on any atom is 0.303 e. The molecule has 16 heavy (non-hydrogen) atoms. The van der Waals surface area contributed by atoms with E-state index in [2.05, 4.69) is 0 Å². The van der Waals surface area contributed by atoms with Gasteiger partial charge in [0.2, 0.25) is 5.91 Å². The first kappa shape index (κ1) is 12.2. The van der Waals surface area contributed by atoms with E-state index in [0.717, 1.165) is 0 Å². The van der Waals surface area contributed by atoms with Crippen molar-refractivity contribution in [1.82, 2.24) is 0 Å². The molecule has 3 N–H and O–H groups in total. The van der Waals surface area contributed by atoms with Crippen molar-refractivity contribution in [2.75, 3.05) is 0 Å². The fourth-order valence-electron chi connectivity index (χ4n) is 1.55. The first-order valence-corrected chi connectivity index (χ1v) is 4.75. The minimum Gasteiger partial charge on any atom is -0.481 e. The van der Waals surface area contributed by atoms with Crippen LogP contribution in [0.5, 0.6) is 0 Å². The first-order valence-electron chi connectivity index (χ1n) is 4.75. The topological polar surface area (TPSA) is 80.4 Å². The van der Waals surface area contributed by atoms with E-state index in [-0.39, 0.29) is 18.4 Å². The molecule has 0 unspecified atom stereocenters. The molecule has 1 aromatic carbocycles. The minimum atomic E-state index is -1.09. The number of carboxylic acids is 1. The second-order valence-electron chi connectivity index (χ2n) is 3.49. The van der Waals surface area contributed by atoms with Gasteiger partial charge in [-0.15, -0.1) is 0 Å². The smallest absolute Gasteiger partial charge is 0.303 e. The maximum absolute atomic E-state index is 13.4. The molecule has 86 valence electrons. The molecule has 0 aliphatic rings. The lowest BCUT2D eigenvalue weighted by atomic mass is 9.92. The molecule has 1 atom stereocenters. The number of primary amides is 1. The van der Waals surface area contributed by atoms with Crippen LogP contribution in [0.2, 0.25) is 0 Å². The molecule has 5 heteroatoms. The highest BCUT2D eigenvalue weighted by Crippen LogP contribution is 2.25. The van der Waals surface area contributed by atoms with Gasteiger partial charge < -0.3 is 10.8 Å². The van der Waals surface area contributed by atoms with Crippen LogP contribution < -0.4 is 5.73 Å². The predicted octanol–water partition coefficient (Wildman–Crippen LogP) is 1.26. The van der Waals surface area contributed by atoms with E-state index in [9.17, 15) is 14.0 Å². The minimum absolute atomic E-state index is 0.173. The van der Waals surface area contributed by atoms with Crippen LogP contribution in [0.15, 0.2) is 24.3 Å². The Hall–Kier alpha value is -1.91. The fraction of sp³-hybridized carbons (Fsp3) is 0.273. The van der Waals surface area contributed by atoms with E-state index >= 15 is 0 Å². The Labute approximate surface area is 91.9 Å². The fourth-order valence-corrected chi connectivity index (χ4v) is 1.55.